The quantitative estimate of drug-likeness (QED) is 0.297. The number of nitrogens with zero attached hydrogens (tertiary/aromatic N) is 1. The molecule has 0 saturated heterocycles. The average Bonchev–Trinajstić information content (AvgIpc) is 3.20. The van der Waals surface area contributed by atoms with Gasteiger partial charge in [-0.05, 0) is 42.0 Å². The first-order chi connectivity index (χ1) is 15.8. The number of esters is 1. The molecule has 0 fully saturated rings. The normalized spacial score (nSPS) is 11.0. The number of phenolic OH excluding ortho intramolecular Hbond substituents is 1. The van der Waals surface area contributed by atoms with Gasteiger partial charge in [0, 0.05) is 18.3 Å². The lowest BCUT2D eigenvalue weighted by Crippen LogP contribution is -2.28. The first kappa shape index (κ1) is 23.8. The summed E-state index contributed by atoms with van der Waals surface area (Å²) in [6, 6.07) is 10.6. The third-order valence-electron chi connectivity index (χ3n) is 4.32. The van der Waals surface area contributed by atoms with Gasteiger partial charge >= 0.3 is 5.97 Å². The molecule has 9 nitrogen and oxygen atoms in total. The van der Waals surface area contributed by atoms with Crippen LogP contribution in [0.1, 0.15) is 31.2 Å². The molecule has 0 atom stereocenters. The Balaban J connectivity index is 1.72. The van der Waals surface area contributed by atoms with Crippen molar-refractivity contribution in [2.45, 2.75) is 6.54 Å². The first-order valence-corrected chi connectivity index (χ1v) is 10.6. The predicted molar refractivity (Wildman–Crippen MR) is 125 cm³/mol. The molecule has 0 aliphatic carbocycles. The van der Waals surface area contributed by atoms with Crippen molar-refractivity contribution in [3.8, 4) is 5.75 Å². The highest BCUT2D eigenvalue weighted by atomic mass is 35.5. The Hall–Kier alpha value is -3.89. The molecular formula is C22H19ClN4O5S. The lowest BCUT2D eigenvalue weighted by molar-refractivity contribution is -0.136. The molecular weight excluding hydrogens is 468 g/mol. The van der Waals surface area contributed by atoms with Gasteiger partial charge < -0.3 is 26.2 Å². The van der Waals surface area contributed by atoms with Crippen LogP contribution in [0.25, 0.3) is 6.08 Å². The lowest BCUT2D eigenvalue weighted by atomic mass is 10.1. The minimum absolute atomic E-state index is 0.0174. The fourth-order valence-corrected chi connectivity index (χ4v) is 3.64. The number of methoxy groups -OCH3 is 1. The molecule has 33 heavy (non-hydrogen) atoms. The van der Waals surface area contributed by atoms with Gasteiger partial charge in [-0.1, -0.05) is 35.1 Å². The molecule has 0 spiro atoms. The van der Waals surface area contributed by atoms with Crippen molar-refractivity contribution in [3.63, 3.8) is 0 Å². The van der Waals surface area contributed by atoms with E-state index in [1.54, 1.807) is 12.1 Å². The van der Waals surface area contributed by atoms with Crippen LogP contribution in [0.2, 0.25) is 5.02 Å². The third kappa shape index (κ3) is 6.31. The van der Waals surface area contributed by atoms with Crippen LogP contribution < -0.4 is 16.4 Å². The van der Waals surface area contributed by atoms with Crippen LogP contribution in [0.3, 0.4) is 0 Å². The standard InChI is InChI=1S/C22H19ClN4O5S/c1-32-21(31)18(9-15-11-26-22(24)33-15)27-20(30)16-6-5-13(8-17(16)23)19(29)25-10-12-3-2-4-14(28)7-12/h2-9,11,28H,10H2,1H3,(H2,24,26)(H,25,29)(H,27,30). The van der Waals surface area contributed by atoms with Gasteiger partial charge in [0.25, 0.3) is 11.8 Å². The van der Waals surface area contributed by atoms with E-state index >= 15 is 0 Å². The van der Waals surface area contributed by atoms with E-state index in [9.17, 15) is 19.5 Å². The van der Waals surface area contributed by atoms with E-state index < -0.39 is 17.8 Å². The van der Waals surface area contributed by atoms with E-state index in [-0.39, 0.29) is 34.1 Å². The number of anilines is 1. The molecule has 2 amide bonds. The molecule has 3 rings (SSSR count). The summed E-state index contributed by atoms with van der Waals surface area (Å²) in [5, 5.41) is 15.0. The number of hydrogen-bond acceptors (Lipinski definition) is 8. The first-order valence-electron chi connectivity index (χ1n) is 9.45. The largest absolute Gasteiger partial charge is 0.508 e. The number of benzene rings is 2. The number of halogens is 1. The van der Waals surface area contributed by atoms with Gasteiger partial charge in [-0.15, -0.1) is 0 Å². The Bertz CT molecular complexity index is 1240. The van der Waals surface area contributed by atoms with E-state index in [2.05, 4.69) is 15.6 Å². The minimum atomic E-state index is -0.769. The van der Waals surface area contributed by atoms with E-state index in [1.165, 1.54) is 49.7 Å². The van der Waals surface area contributed by atoms with Crippen LogP contribution in [0.5, 0.6) is 5.75 Å². The topological polar surface area (TPSA) is 144 Å². The number of nitrogens with two attached hydrogens (primary N) is 1. The van der Waals surface area contributed by atoms with Gasteiger partial charge in [0.15, 0.2) is 5.13 Å². The Kier molecular flexibility index (Phi) is 7.65. The van der Waals surface area contributed by atoms with Crippen LogP contribution in [-0.2, 0) is 16.1 Å². The van der Waals surface area contributed by atoms with Crippen molar-refractivity contribution in [1.82, 2.24) is 15.6 Å². The van der Waals surface area contributed by atoms with E-state index in [0.29, 0.717) is 10.0 Å². The molecule has 0 radical (unpaired) electrons. The Morgan fingerprint density at radius 2 is 2.00 bits per heavy atom. The van der Waals surface area contributed by atoms with Crippen molar-refractivity contribution in [2.24, 2.45) is 0 Å². The molecule has 0 aliphatic rings. The number of hydrogen-bond donors (Lipinski definition) is 4. The van der Waals surface area contributed by atoms with E-state index in [0.717, 1.165) is 16.9 Å². The zero-order chi connectivity index (χ0) is 24.0. The number of nitrogen functional groups attached to an aromatic ring is 1. The van der Waals surface area contributed by atoms with Crippen LogP contribution in [0.15, 0.2) is 54.4 Å². The molecule has 1 aromatic heterocycles. The molecule has 0 unspecified atom stereocenters. The second-order valence-corrected chi connectivity index (χ2v) is 8.15. The zero-order valence-corrected chi connectivity index (χ0v) is 18.9. The number of rotatable bonds is 7. The van der Waals surface area contributed by atoms with Crippen molar-refractivity contribution in [3.05, 3.63) is 80.9 Å². The van der Waals surface area contributed by atoms with Crippen molar-refractivity contribution < 1.29 is 24.2 Å². The maximum absolute atomic E-state index is 12.7. The second-order valence-electron chi connectivity index (χ2n) is 6.65. The lowest BCUT2D eigenvalue weighted by Gasteiger charge is -2.10. The SMILES string of the molecule is COC(=O)C(=Cc1cnc(N)s1)NC(=O)c1ccc(C(=O)NCc2cccc(O)c2)cc1Cl. The Morgan fingerprint density at radius 3 is 2.64 bits per heavy atom. The van der Waals surface area contributed by atoms with Gasteiger partial charge in [0.1, 0.15) is 11.4 Å². The molecule has 11 heteroatoms. The number of aromatic hydroxyl groups is 1. The van der Waals surface area contributed by atoms with Crippen LogP contribution in [0, 0.1) is 0 Å². The van der Waals surface area contributed by atoms with Crippen molar-refractivity contribution >= 4 is 51.9 Å². The molecule has 1 heterocycles. The molecule has 5 N–H and O–H groups in total. The fraction of sp³-hybridized carbons (Fsp3) is 0.0909. The second kappa shape index (κ2) is 10.6. The maximum atomic E-state index is 12.7. The number of carbonyl (C=O) groups is 3. The smallest absolute Gasteiger partial charge is 0.354 e. The molecule has 170 valence electrons. The number of aromatic nitrogens is 1. The molecule has 0 bridgehead atoms. The summed E-state index contributed by atoms with van der Waals surface area (Å²) in [4.78, 5) is 41.6. The van der Waals surface area contributed by atoms with Crippen LogP contribution >= 0.6 is 22.9 Å². The van der Waals surface area contributed by atoms with Gasteiger partial charge in [-0.2, -0.15) is 0 Å². The van der Waals surface area contributed by atoms with Crippen LogP contribution in [-0.4, -0.2) is 35.0 Å². The minimum Gasteiger partial charge on any atom is -0.508 e. The summed E-state index contributed by atoms with van der Waals surface area (Å²) in [5.74, 6) is -1.75. The summed E-state index contributed by atoms with van der Waals surface area (Å²) in [6.45, 7) is 0.197. The summed E-state index contributed by atoms with van der Waals surface area (Å²) < 4.78 is 4.71. The number of nitrogens with one attached hydrogen (secondary N) is 2. The highest BCUT2D eigenvalue weighted by Gasteiger charge is 2.19. The van der Waals surface area contributed by atoms with Crippen LogP contribution in [0.4, 0.5) is 5.13 Å². The summed E-state index contributed by atoms with van der Waals surface area (Å²) in [6.07, 6.45) is 2.83. The Labute approximate surface area is 197 Å². The predicted octanol–water partition coefficient (Wildman–Crippen LogP) is 2.96. The number of phenols is 1. The van der Waals surface area contributed by atoms with Gasteiger partial charge in [0.05, 0.1) is 22.6 Å². The molecule has 0 saturated carbocycles. The number of ether oxygens (including phenoxy) is 1. The monoisotopic (exact) mass is 486 g/mol. The highest BCUT2D eigenvalue weighted by molar-refractivity contribution is 7.16. The highest BCUT2D eigenvalue weighted by Crippen LogP contribution is 2.21. The van der Waals surface area contributed by atoms with Gasteiger partial charge in [-0.3, -0.25) is 9.59 Å². The Morgan fingerprint density at radius 1 is 1.21 bits per heavy atom. The van der Waals surface area contributed by atoms with Gasteiger partial charge in [0.2, 0.25) is 0 Å². The molecule has 3 aromatic rings. The van der Waals surface area contributed by atoms with Crippen molar-refractivity contribution in [1.29, 1.82) is 0 Å². The zero-order valence-electron chi connectivity index (χ0n) is 17.3. The summed E-state index contributed by atoms with van der Waals surface area (Å²) in [7, 11) is 1.18. The molecule has 0 aliphatic heterocycles. The maximum Gasteiger partial charge on any atom is 0.354 e. The number of carbonyl (C=O) groups excluding carboxylic acids is 3. The number of thiazole rings is 1. The average molecular weight is 487 g/mol. The molecule has 2 aromatic carbocycles. The summed E-state index contributed by atoms with van der Waals surface area (Å²) >= 11 is 7.36. The van der Waals surface area contributed by atoms with Gasteiger partial charge in [-0.25, -0.2) is 9.78 Å². The number of amides is 2. The van der Waals surface area contributed by atoms with E-state index in [4.69, 9.17) is 22.1 Å². The fourth-order valence-electron chi connectivity index (χ4n) is 2.75. The summed E-state index contributed by atoms with van der Waals surface area (Å²) in [5.41, 5.74) is 6.47. The van der Waals surface area contributed by atoms with E-state index in [1.807, 2.05) is 0 Å². The third-order valence-corrected chi connectivity index (χ3v) is 5.41. The van der Waals surface area contributed by atoms with Crippen molar-refractivity contribution in [2.75, 3.05) is 12.8 Å².